The van der Waals surface area contributed by atoms with Crippen molar-refractivity contribution in [3.05, 3.63) is 179 Å². The van der Waals surface area contributed by atoms with E-state index in [-0.39, 0.29) is 10.7 Å². The second-order valence-corrected chi connectivity index (χ2v) is 17.5. The lowest BCUT2D eigenvalue weighted by molar-refractivity contribution is 1.32. The molecule has 0 amide bonds. The van der Waals surface area contributed by atoms with Gasteiger partial charge in [-0.3, -0.25) is 19.9 Å². The van der Waals surface area contributed by atoms with Crippen molar-refractivity contribution in [1.82, 2.24) is 19.9 Å². The predicted molar refractivity (Wildman–Crippen MR) is 242 cm³/mol. The Morgan fingerprint density at radius 3 is 0.741 bits per heavy atom. The number of hydrogen-bond donors (Lipinski definition) is 0. The van der Waals surface area contributed by atoms with E-state index in [0.717, 1.165) is 0 Å². The summed E-state index contributed by atoms with van der Waals surface area (Å²) >= 11 is 26.5. The first-order chi connectivity index (χ1) is 26.7. The van der Waals surface area contributed by atoms with Crippen LogP contribution in [-0.2, 0) is 0 Å². The van der Waals surface area contributed by atoms with E-state index in [9.17, 15) is 0 Å². The Hall–Kier alpha value is -3.44. The highest BCUT2D eigenvalue weighted by Gasteiger charge is 2.28. The SMILES string of the molecule is ClCCl.ClCCl.c1ccc2c(=C3SC(c4ccncc4)=C(c4ccncc4)S3)c3ccccc3c(=C3SC(c4ccncc4)=C(c4ccncc4)S3)c2c1. The number of halogens is 4. The van der Waals surface area contributed by atoms with Gasteiger partial charge in [-0.15, -0.1) is 46.4 Å². The van der Waals surface area contributed by atoms with E-state index in [1.807, 2.05) is 96.6 Å². The monoisotopic (exact) mass is 856 g/mol. The maximum absolute atomic E-state index is 4.76. The number of hydrogen-bond acceptors (Lipinski definition) is 8. The number of fused-ring (bicyclic) bond motifs is 2. The summed E-state index contributed by atoms with van der Waals surface area (Å²) in [6, 6.07) is 34.6. The average molecular weight is 859 g/mol. The van der Waals surface area contributed by atoms with Crippen LogP contribution >= 0.6 is 93.5 Å². The van der Waals surface area contributed by atoms with Crippen molar-refractivity contribution < 1.29 is 0 Å². The van der Waals surface area contributed by atoms with Gasteiger partial charge in [-0.05, 0) is 92.3 Å². The van der Waals surface area contributed by atoms with Crippen LogP contribution in [0.15, 0.2) is 147 Å². The lowest BCUT2D eigenvalue weighted by Gasteiger charge is -2.11. The first-order valence-electron chi connectivity index (χ1n) is 16.4. The molecule has 2 aliphatic rings. The van der Waals surface area contributed by atoms with E-state index >= 15 is 0 Å². The summed E-state index contributed by atoms with van der Waals surface area (Å²) in [7, 11) is 0. The molecule has 0 saturated carbocycles. The maximum Gasteiger partial charge on any atom is 0.0967 e. The van der Waals surface area contributed by atoms with E-state index in [2.05, 4.69) is 117 Å². The van der Waals surface area contributed by atoms with Gasteiger partial charge in [0, 0.05) is 79.6 Å². The Kier molecular flexibility index (Phi) is 13.6. The molecule has 0 bridgehead atoms. The molecule has 3 aromatic carbocycles. The normalized spacial score (nSPS) is 13.9. The van der Waals surface area contributed by atoms with Gasteiger partial charge in [-0.1, -0.05) is 95.6 Å². The molecule has 12 heteroatoms. The summed E-state index contributed by atoms with van der Waals surface area (Å²) in [5.41, 5.74) is 4.67. The molecule has 0 unspecified atom stereocenters. The van der Waals surface area contributed by atoms with Gasteiger partial charge in [0.25, 0.3) is 0 Å². The van der Waals surface area contributed by atoms with E-state index in [4.69, 9.17) is 46.4 Å². The van der Waals surface area contributed by atoms with Gasteiger partial charge in [0.1, 0.15) is 0 Å². The first-order valence-corrected chi connectivity index (χ1v) is 21.8. The van der Waals surface area contributed by atoms with E-state index < -0.39 is 0 Å². The Labute approximate surface area is 350 Å². The van der Waals surface area contributed by atoms with Crippen molar-refractivity contribution in [2.24, 2.45) is 0 Å². The minimum Gasteiger partial charge on any atom is -0.265 e. The van der Waals surface area contributed by atoms with Crippen molar-refractivity contribution in [2.45, 2.75) is 0 Å². The van der Waals surface area contributed by atoms with Crippen molar-refractivity contribution in [3.63, 3.8) is 0 Å². The standard InChI is InChI=1S/C40H24N4S4.2CH2Cl2/c1-2-6-30-29(5-1)33(39-45-35(25-9-17-41-18-10-25)36(46-39)26-11-19-42-20-12-26)31-7-3-4-8-32(31)34(30)40-47-37(27-13-21-43-22-14-27)38(48-40)28-15-23-44-24-16-28;2*2-1-3/h1-24H;2*1H2. The highest BCUT2D eigenvalue weighted by molar-refractivity contribution is 8.41. The number of thioether (sulfide) groups is 4. The summed E-state index contributed by atoms with van der Waals surface area (Å²) in [4.78, 5) is 22.2. The Morgan fingerprint density at radius 2 is 0.537 bits per heavy atom. The zero-order valence-electron chi connectivity index (χ0n) is 28.2. The van der Waals surface area contributed by atoms with Crippen LogP contribution in [0.5, 0.6) is 0 Å². The minimum atomic E-state index is 0.194. The molecule has 0 fully saturated rings. The van der Waals surface area contributed by atoms with Gasteiger partial charge in [0.05, 0.1) is 19.2 Å². The van der Waals surface area contributed by atoms with Crippen LogP contribution in [0.4, 0.5) is 0 Å². The van der Waals surface area contributed by atoms with Crippen molar-refractivity contribution in [1.29, 1.82) is 0 Å². The zero-order chi connectivity index (χ0) is 37.3. The highest BCUT2D eigenvalue weighted by Crippen LogP contribution is 2.59. The second kappa shape index (κ2) is 18.9. The number of aromatic nitrogens is 4. The third kappa shape index (κ3) is 8.37. The highest BCUT2D eigenvalue weighted by atomic mass is 35.5. The smallest absolute Gasteiger partial charge is 0.0967 e. The number of pyridine rings is 4. The van der Waals surface area contributed by atoms with Crippen LogP contribution in [0.3, 0.4) is 0 Å². The van der Waals surface area contributed by atoms with Gasteiger partial charge in [0.2, 0.25) is 0 Å². The van der Waals surface area contributed by atoms with E-state index in [1.165, 1.54) is 82.3 Å². The van der Waals surface area contributed by atoms with Crippen molar-refractivity contribution in [2.75, 3.05) is 10.7 Å². The van der Waals surface area contributed by atoms with Crippen molar-refractivity contribution in [3.8, 4) is 0 Å². The molecular weight excluding hydrogens is 831 g/mol. The van der Waals surface area contributed by atoms with E-state index in [0.29, 0.717) is 0 Å². The summed E-state index contributed by atoms with van der Waals surface area (Å²) in [5, 5.41) is 7.96. The number of alkyl halides is 4. The van der Waals surface area contributed by atoms with Crippen LogP contribution < -0.4 is 10.4 Å². The lowest BCUT2D eigenvalue weighted by Crippen LogP contribution is -2.16. The zero-order valence-corrected chi connectivity index (χ0v) is 34.5. The topological polar surface area (TPSA) is 51.6 Å². The molecule has 2 aliphatic heterocycles. The molecule has 0 radical (unpaired) electrons. The summed E-state index contributed by atoms with van der Waals surface area (Å²) in [6.07, 6.45) is 15.0. The molecule has 268 valence electrons. The van der Waals surface area contributed by atoms with Crippen LogP contribution in [-0.4, -0.2) is 30.6 Å². The van der Waals surface area contributed by atoms with Gasteiger partial charge < -0.3 is 0 Å². The van der Waals surface area contributed by atoms with Crippen LogP contribution in [0.25, 0.3) is 49.6 Å². The Balaban J connectivity index is 0.000000706. The van der Waals surface area contributed by atoms with Crippen LogP contribution in [0.1, 0.15) is 22.3 Å². The number of nitrogens with zero attached hydrogens (tertiary/aromatic N) is 4. The Morgan fingerprint density at radius 1 is 0.333 bits per heavy atom. The van der Waals surface area contributed by atoms with Gasteiger partial charge in [-0.2, -0.15) is 0 Å². The fourth-order valence-electron chi connectivity index (χ4n) is 6.14. The minimum absolute atomic E-state index is 0.194. The fourth-order valence-corrected chi connectivity index (χ4v) is 11.9. The molecule has 0 aliphatic carbocycles. The van der Waals surface area contributed by atoms with Gasteiger partial charge in [-0.25, -0.2) is 0 Å². The number of rotatable bonds is 4. The number of benzene rings is 3. The molecule has 0 saturated heterocycles. The molecule has 0 atom stereocenters. The third-order valence-corrected chi connectivity index (χ3v) is 13.7. The first kappa shape index (κ1) is 38.8. The van der Waals surface area contributed by atoms with Crippen LogP contribution in [0, 0.1) is 0 Å². The molecule has 0 N–H and O–H groups in total. The second-order valence-electron chi connectivity index (χ2n) is 11.3. The molecule has 7 aromatic rings. The summed E-state index contributed by atoms with van der Waals surface area (Å²) < 4.78 is 2.55. The molecule has 54 heavy (non-hydrogen) atoms. The maximum atomic E-state index is 4.76. The largest absolute Gasteiger partial charge is 0.265 e. The molecule has 0 spiro atoms. The fraction of sp³-hybridized carbons (Fsp3) is 0.0476. The van der Waals surface area contributed by atoms with E-state index in [1.54, 1.807) is 0 Å². The van der Waals surface area contributed by atoms with Gasteiger partial charge >= 0.3 is 0 Å². The molecule has 4 nitrogen and oxygen atoms in total. The lowest BCUT2D eigenvalue weighted by atomic mass is 9.99. The summed E-state index contributed by atoms with van der Waals surface area (Å²) in [6.45, 7) is 0. The predicted octanol–water partition coefficient (Wildman–Crippen LogP) is 12.6. The van der Waals surface area contributed by atoms with Crippen LogP contribution in [0.2, 0.25) is 0 Å². The molecule has 9 rings (SSSR count). The third-order valence-electron chi connectivity index (χ3n) is 8.30. The molecular formula is C42H28Cl4N4S4. The average Bonchev–Trinajstić information content (AvgIpc) is 3.88. The molecule has 4 aromatic heterocycles. The van der Waals surface area contributed by atoms with Crippen molar-refractivity contribution >= 4 is 143 Å². The van der Waals surface area contributed by atoms with Gasteiger partial charge in [0.15, 0.2) is 0 Å². The summed E-state index contributed by atoms with van der Waals surface area (Å²) in [5.74, 6) is 0. The molecule has 6 heterocycles. The Bertz CT molecular complexity index is 2240. The quantitative estimate of drug-likeness (QED) is 0.128.